The van der Waals surface area contributed by atoms with E-state index < -0.39 is 21.8 Å². The van der Waals surface area contributed by atoms with E-state index in [9.17, 15) is 18.0 Å². The van der Waals surface area contributed by atoms with Gasteiger partial charge in [0.25, 0.3) is 5.91 Å². The molecule has 2 aromatic carbocycles. The molecule has 4 N–H and O–H groups in total. The molecule has 4 aromatic rings. The van der Waals surface area contributed by atoms with E-state index in [0.29, 0.717) is 0 Å². The molecule has 0 aliphatic heterocycles. The molecule has 2 amide bonds. The SMILES string of the molecule is O=C(Cc1c[nH]c2ccccc12)NNC(=O)c1cccc(S(=O)(=O)NCc2cccs2)c1. The number of H-pyrrole nitrogens is 1. The van der Waals surface area contributed by atoms with Crippen molar-refractivity contribution in [2.45, 2.75) is 17.9 Å². The van der Waals surface area contributed by atoms with E-state index in [0.717, 1.165) is 21.3 Å². The lowest BCUT2D eigenvalue weighted by Crippen LogP contribution is -2.42. The van der Waals surface area contributed by atoms with Crippen LogP contribution in [0.1, 0.15) is 20.8 Å². The molecular formula is C22H20N4O4S2. The molecule has 32 heavy (non-hydrogen) atoms. The van der Waals surface area contributed by atoms with Crippen LogP contribution in [0.15, 0.2) is 77.1 Å². The van der Waals surface area contributed by atoms with E-state index in [-0.39, 0.29) is 23.4 Å². The maximum Gasteiger partial charge on any atom is 0.269 e. The first-order valence-electron chi connectivity index (χ1n) is 9.69. The minimum Gasteiger partial charge on any atom is -0.361 e. The first-order valence-corrected chi connectivity index (χ1v) is 12.0. The summed E-state index contributed by atoms with van der Waals surface area (Å²) < 4.78 is 27.6. The van der Waals surface area contributed by atoms with Gasteiger partial charge >= 0.3 is 0 Å². The summed E-state index contributed by atoms with van der Waals surface area (Å²) in [5.74, 6) is -1.02. The second kappa shape index (κ2) is 9.35. The summed E-state index contributed by atoms with van der Waals surface area (Å²) in [7, 11) is -3.79. The van der Waals surface area contributed by atoms with E-state index in [4.69, 9.17) is 0 Å². The Morgan fingerprint density at radius 1 is 0.969 bits per heavy atom. The third-order valence-electron chi connectivity index (χ3n) is 4.76. The van der Waals surface area contributed by atoms with Gasteiger partial charge in [-0.2, -0.15) is 0 Å². The Morgan fingerprint density at radius 3 is 2.62 bits per heavy atom. The zero-order valence-electron chi connectivity index (χ0n) is 16.8. The third-order valence-corrected chi connectivity index (χ3v) is 7.04. The van der Waals surface area contributed by atoms with Gasteiger partial charge in [-0.25, -0.2) is 13.1 Å². The fourth-order valence-electron chi connectivity index (χ4n) is 3.16. The number of hydrazine groups is 1. The van der Waals surface area contributed by atoms with Crippen LogP contribution in [0, 0.1) is 0 Å². The van der Waals surface area contributed by atoms with Crippen LogP contribution in [0.5, 0.6) is 0 Å². The van der Waals surface area contributed by atoms with Crippen LogP contribution in [0.3, 0.4) is 0 Å². The first-order chi connectivity index (χ1) is 15.4. The number of amides is 2. The largest absolute Gasteiger partial charge is 0.361 e. The Kier molecular flexibility index (Phi) is 6.35. The normalized spacial score (nSPS) is 11.4. The van der Waals surface area contributed by atoms with E-state index in [1.54, 1.807) is 6.20 Å². The van der Waals surface area contributed by atoms with Gasteiger partial charge in [0.1, 0.15) is 0 Å². The predicted octanol–water partition coefficient (Wildman–Crippen LogP) is 2.71. The van der Waals surface area contributed by atoms with Crippen molar-refractivity contribution in [3.63, 3.8) is 0 Å². The van der Waals surface area contributed by atoms with Crippen molar-refractivity contribution in [2.24, 2.45) is 0 Å². The fraction of sp³-hybridized carbons (Fsp3) is 0.0909. The molecule has 2 heterocycles. The van der Waals surface area contributed by atoms with Crippen molar-refractivity contribution < 1.29 is 18.0 Å². The van der Waals surface area contributed by atoms with Gasteiger partial charge < -0.3 is 4.98 Å². The highest BCUT2D eigenvalue weighted by molar-refractivity contribution is 7.89. The highest BCUT2D eigenvalue weighted by Crippen LogP contribution is 2.18. The number of aromatic nitrogens is 1. The fourth-order valence-corrected chi connectivity index (χ4v) is 4.95. The molecule has 2 aromatic heterocycles. The van der Waals surface area contributed by atoms with Gasteiger partial charge in [-0.1, -0.05) is 30.3 Å². The average Bonchev–Trinajstić information content (AvgIpc) is 3.47. The van der Waals surface area contributed by atoms with E-state index in [2.05, 4.69) is 20.6 Å². The van der Waals surface area contributed by atoms with Gasteiger partial charge in [0.15, 0.2) is 0 Å². The molecule has 0 aliphatic carbocycles. The lowest BCUT2D eigenvalue weighted by molar-refractivity contribution is -0.121. The van der Waals surface area contributed by atoms with Crippen molar-refractivity contribution in [1.29, 1.82) is 0 Å². The lowest BCUT2D eigenvalue weighted by atomic mass is 10.1. The second-order valence-corrected chi connectivity index (χ2v) is 9.77. The number of nitrogens with one attached hydrogen (secondary N) is 4. The summed E-state index contributed by atoms with van der Waals surface area (Å²) in [4.78, 5) is 28.6. The van der Waals surface area contributed by atoms with Gasteiger partial charge in [0.2, 0.25) is 15.9 Å². The summed E-state index contributed by atoms with van der Waals surface area (Å²) in [5.41, 5.74) is 6.53. The number of para-hydroxylation sites is 1. The molecule has 4 rings (SSSR count). The molecule has 0 atom stereocenters. The summed E-state index contributed by atoms with van der Waals surface area (Å²) in [5, 5.41) is 2.79. The van der Waals surface area contributed by atoms with Crippen LogP contribution in [0.2, 0.25) is 0 Å². The lowest BCUT2D eigenvalue weighted by Gasteiger charge is -2.09. The van der Waals surface area contributed by atoms with Gasteiger partial charge in [-0.3, -0.25) is 20.4 Å². The summed E-state index contributed by atoms with van der Waals surface area (Å²) in [6, 6.07) is 16.9. The quantitative estimate of drug-likeness (QED) is 0.312. The van der Waals surface area contributed by atoms with Crippen LogP contribution >= 0.6 is 11.3 Å². The third kappa shape index (κ3) is 5.05. The van der Waals surface area contributed by atoms with Crippen LogP contribution in [-0.2, 0) is 27.8 Å². The van der Waals surface area contributed by atoms with Crippen molar-refractivity contribution >= 4 is 44.1 Å². The standard InChI is InChI=1S/C22H20N4O4S2/c27-21(12-16-13-23-20-9-2-1-8-19(16)20)25-26-22(28)15-5-3-7-18(11-15)32(29,30)24-14-17-6-4-10-31-17/h1-11,13,23-24H,12,14H2,(H,25,27)(H,26,28). The zero-order valence-corrected chi connectivity index (χ0v) is 18.4. The Hall–Kier alpha value is -3.47. The van der Waals surface area contributed by atoms with Gasteiger partial charge in [0, 0.05) is 34.1 Å². The van der Waals surface area contributed by atoms with Crippen LogP contribution in [0.25, 0.3) is 10.9 Å². The van der Waals surface area contributed by atoms with Crippen LogP contribution in [-0.4, -0.2) is 25.2 Å². The topological polar surface area (TPSA) is 120 Å². The monoisotopic (exact) mass is 468 g/mol. The number of rotatable bonds is 7. The average molecular weight is 469 g/mol. The maximum absolute atomic E-state index is 12.5. The van der Waals surface area contributed by atoms with Crippen LogP contribution in [0.4, 0.5) is 0 Å². The summed E-state index contributed by atoms with van der Waals surface area (Å²) in [6.07, 6.45) is 1.83. The number of thiophene rings is 1. The number of benzene rings is 2. The number of hydrogen-bond acceptors (Lipinski definition) is 5. The van der Waals surface area contributed by atoms with Gasteiger partial charge in [0.05, 0.1) is 11.3 Å². The minimum atomic E-state index is -3.79. The second-order valence-electron chi connectivity index (χ2n) is 6.97. The Bertz CT molecular complexity index is 1360. The molecule has 0 saturated carbocycles. The number of aromatic amines is 1. The molecule has 10 heteroatoms. The predicted molar refractivity (Wildman–Crippen MR) is 122 cm³/mol. The number of fused-ring (bicyclic) bond motifs is 1. The summed E-state index contributed by atoms with van der Waals surface area (Å²) in [6.45, 7) is 0.167. The summed E-state index contributed by atoms with van der Waals surface area (Å²) >= 11 is 1.44. The number of carbonyl (C=O) groups is 2. The highest BCUT2D eigenvalue weighted by atomic mass is 32.2. The van der Waals surface area contributed by atoms with E-state index >= 15 is 0 Å². The molecule has 8 nitrogen and oxygen atoms in total. The minimum absolute atomic E-state index is 0.0353. The number of carbonyl (C=O) groups excluding carboxylic acids is 2. The van der Waals surface area contributed by atoms with E-state index in [1.807, 2.05) is 41.8 Å². The Morgan fingerprint density at radius 2 is 1.81 bits per heavy atom. The molecule has 0 spiro atoms. The molecule has 0 unspecified atom stereocenters. The van der Waals surface area contributed by atoms with Crippen molar-refractivity contribution in [3.05, 3.63) is 88.2 Å². The Balaban J connectivity index is 1.36. The maximum atomic E-state index is 12.5. The molecule has 0 fully saturated rings. The number of sulfonamides is 1. The smallest absolute Gasteiger partial charge is 0.269 e. The Labute approximate surface area is 188 Å². The molecule has 164 valence electrons. The molecule has 0 radical (unpaired) electrons. The molecule has 0 bridgehead atoms. The molecular weight excluding hydrogens is 448 g/mol. The zero-order chi connectivity index (χ0) is 22.6. The van der Waals surface area contributed by atoms with Crippen LogP contribution < -0.4 is 15.6 Å². The van der Waals surface area contributed by atoms with E-state index in [1.165, 1.54) is 35.6 Å². The first kappa shape index (κ1) is 21.8. The van der Waals surface area contributed by atoms with Crippen molar-refractivity contribution in [3.8, 4) is 0 Å². The van der Waals surface area contributed by atoms with Crippen molar-refractivity contribution in [2.75, 3.05) is 0 Å². The van der Waals surface area contributed by atoms with Gasteiger partial charge in [-0.05, 0) is 41.3 Å². The van der Waals surface area contributed by atoms with Crippen molar-refractivity contribution in [1.82, 2.24) is 20.6 Å². The number of hydrogen-bond donors (Lipinski definition) is 4. The highest BCUT2D eigenvalue weighted by Gasteiger charge is 2.17. The molecule has 0 saturated heterocycles. The molecule has 0 aliphatic rings. The van der Waals surface area contributed by atoms with Gasteiger partial charge in [-0.15, -0.1) is 11.3 Å².